The van der Waals surface area contributed by atoms with Crippen LogP contribution in [0.2, 0.25) is 0 Å². The molecule has 0 spiro atoms. The zero-order valence-corrected chi connectivity index (χ0v) is 11.7. The molecule has 3 rings (SSSR count). The van der Waals surface area contributed by atoms with Gasteiger partial charge in [-0.25, -0.2) is 9.97 Å². The van der Waals surface area contributed by atoms with E-state index < -0.39 is 0 Å². The average molecular weight is 304 g/mol. The van der Waals surface area contributed by atoms with Gasteiger partial charge in [-0.05, 0) is 31.9 Å². The normalized spacial score (nSPS) is 14.8. The highest BCUT2D eigenvalue weighted by molar-refractivity contribution is 9.10. The maximum Gasteiger partial charge on any atom is 0.134 e. The highest BCUT2D eigenvalue weighted by Gasteiger charge is 2.28. The molecule has 3 nitrogen and oxygen atoms in total. The van der Waals surface area contributed by atoms with Gasteiger partial charge in [0.25, 0.3) is 0 Å². The number of nitrogens with two attached hydrogens (primary N) is 1. The maximum absolute atomic E-state index is 5.99. The van der Waals surface area contributed by atoms with Gasteiger partial charge < -0.3 is 5.73 Å². The van der Waals surface area contributed by atoms with E-state index in [-0.39, 0.29) is 0 Å². The number of hydrogen-bond acceptors (Lipinski definition) is 3. The van der Waals surface area contributed by atoms with Crippen LogP contribution in [-0.2, 0) is 0 Å². The van der Waals surface area contributed by atoms with Crippen LogP contribution in [0.5, 0.6) is 0 Å². The molecule has 1 heterocycles. The summed E-state index contributed by atoms with van der Waals surface area (Å²) in [5.74, 6) is 2.02. The average Bonchev–Trinajstić information content (AvgIpc) is 3.18. The smallest absolute Gasteiger partial charge is 0.134 e. The lowest BCUT2D eigenvalue weighted by molar-refractivity contribution is 0.928. The first-order valence-corrected chi connectivity index (χ1v) is 6.84. The SMILES string of the molecule is Cc1c(N)nc(C2CC2)nc1-c1ccc(Br)cc1. The van der Waals surface area contributed by atoms with Crippen LogP contribution in [-0.4, -0.2) is 9.97 Å². The van der Waals surface area contributed by atoms with Gasteiger partial charge in [0.1, 0.15) is 11.6 Å². The van der Waals surface area contributed by atoms with Crippen molar-refractivity contribution in [3.05, 3.63) is 40.1 Å². The Morgan fingerprint density at radius 3 is 2.44 bits per heavy atom. The van der Waals surface area contributed by atoms with E-state index >= 15 is 0 Å². The highest BCUT2D eigenvalue weighted by Crippen LogP contribution is 2.39. The molecule has 0 radical (unpaired) electrons. The summed E-state index contributed by atoms with van der Waals surface area (Å²) < 4.78 is 1.06. The van der Waals surface area contributed by atoms with Gasteiger partial charge >= 0.3 is 0 Å². The lowest BCUT2D eigenvalue weighted by atomic mass is 10.1. The van der Waals surface area contributed by atoms with Gasteiger partial charge in [-0.2, -0.15) is 0 Å². The topological polar surface area (TPSA) is 51.8 Å². The van der Waals surface area contributed by atoms with Gasteiger partial charge in [0.2, 0.25) is 0 Å². The molecule has 0 atom stereocenters. The number of rotatable bonds is 2. The second-order valence-electron chi connectivity index (χ2n) is 4.72. The summed E-state index contributed by atoms with van der Waals surface area (Å²) in [5.41, 5.74) is 9.00. The number of nitrogens with zero attached hydrogens (tertiary/aromatic N) is 2. The van der Waals surface area contributed by atoms with E-state index in [2.05, 4.69) is 38.0 Å². The Bertz CT molecular complexity index is 589. The van der Waals surface area contributed by atoms with Crippen molar-refractivity contribution in [2.75, 3.05) is 5.73 Å². The number of aromatic nitrogens is 2. The molecular weight excluding hydrogens is 290 g/mol. The highest BCUT2D eigenvalue weighted by atomic mass is 79.9. The number of hydrogen-bond donors (Lipinski definition) is 1. The van der Waals surface area contributed by atoms with Gasteiger partial charge in [0.05, 0.1) is 5.69 Å². The zero-order valence-electron chi connectivity index (χ0n) is 10.2. The number of benzene rings is 1. The van der Waals surface area contributed by atoms with E-state index in [0.29, 0.717) is 11.7 Å². The largest absolute Gasteiger partial charge is 0.383 e. The molecule has 1 aromatic carbocycles. The molecule has 1 aromatic heterocycles. The summed E-state index contributed by atoms with van der Waals surface area (Å²) in [6.07, 6.45) is 2.37. The number of nitrogen functional groups attached to an aromatic ring is 1. The van der Waals surface area contributed by atoms with Gasteiger partial charge in [0.15, 0.2) is 0 Å². The molecule has 2 aromatic rings. The Labute approximate surface area is 115 Å². The van der Waals surface area contributed by atoms with Crippen molar-refractivity contribution < 1.29 is 0 Å². The third-order valence-corrected chi connectivity index (χ3v) is 3.79. The number of halogens is 1. The minimum absolute atomic E-state index is 0.516. The Hall–Kier alpha value is -1.42. The second kappa shape index (κ2) is 4.35. The van der Waals surface area contributed by atoms with Crippen molar-refractivity contribution in [3.8, 4) is 11.3 Å². The molecule has 92 valence electrons. The first kappa shape index (κ1) is 11.7. The molecule has 1 aliphatic rings. The molecule has 0 unspecified atom stereocenters. The lowest BCUT2D eigenvalue weighted by Gasteiger charge is -2.10. The van der Waals surface area contributed by atoms with Crippen LogP contribution < -0.4 is 5.73 Å². The maximum atomic E-state index is 5.99. The van der Waals surface area contributed by atoms with Crippen LogP contribution in [0.4, 0.5) is 5.82 Å². The molecule has 1 saturated carbocycles. The summed E-state index contributed by atoms with van der Waals surface area (Å²) in [6, 6.07) is 8.14. The van der Waals surface area contributed by atoms with Gasteiger partial charge in [-0.3, -0.25) is 0 Å². The molecular formula is C14H14BrN3. The fraction of sp³-hybridized carbons (Fsp3) is 0.286. The molecule has 1 fully saturated rings. The molecule has 2 N–H and O–H groups in total. The monoisotopic (exact) mass is 303 g/mol. The zero-order chi connectivity index (χ0) is 12.7. The van der Waals surface area contributed by atoms with E-state index in [1.807, 2.05) is 19.1 Å². The van der Waals surface area contributed by atoms with Crippen molar-refractivity contribution in [2.24, 2.45) is 0 Å². The minimum atomic E-state index is 0.516. The van der Waals surface area contributed by atoms with Crippen LogP contribution in [0.15, 0.2) is 28.7 Å². The molecule has 1 aliphatic carbocycles. The molecule has 0 aliphatic heterocycles. The quantitative estimate of drug-likeness (QED) is 0.921. The minimum Gasteiger partial charge on any atom is -0.383 e. The van der Waals surface area contributed by atoms with Crippen molar-refractivity contribution in [1.29, 1.82) is 0 Å². The molecule has 4 heteroatoms. The van der Waals surface area contributed by atoms with Gasteiger partial charge in [0, 0.05) is 21.5 Å². The van der Waals surface area contributed by atoms with E-state index in [1.165, 1.54) is 12.8 Å². The third-order valence-electron chi connectivity index (χ3n) is 3.26. The Balaban J connectivity index is 2.12. The van der Waals surface area contributed by atoms with Gasteiger partial charge in [-0.1, -0.05) is 28.1 Å². The van der Waals surface area contributed by atoms with Crippen molar-refractivity contribution in [3.63, 3.8) is 0 Å². The van der Waals surface area contributed by atoms with Crippen LogP contribution in [0, 0.1) is 6.92 Å². The summed E-state index contributed by atoms with van der Waals surface area (Å²) >= 11 is 3.44. The Morgan fingerprint density at radius 1 is 1.17 bits per heavy atom. The van der Waals surface area contributed by atoms with E-state index in [0.717, 1.165) is 27.1 Å². The lowest BCUT2D eigenvalue weighted by Crippen LogP contribution is -2.04. The first-order valence-electron chi connectivity index (χ1n) is 6.05. The summed E-state index contributed by atoms with van der Waals surface area (Å²) in [7, 11) is 0. The first-order chi connectivity index (χ1) is 8.65. The standard InChI is InChI=1S/C14H14BrN3/c1-8-12(9-4-6-11(15)7-5-9)17-14(10-2-3-10)18-13(8)16/h4-7,10H,2-3H2,1H3,(H2,16,17,18). The van der Waals surface area contributed by atoms with Crippen molar-refractivity contribution in [1.82, 2.24) is 9.97 Å². The Morgan fingerprint density at radius 2 is 1.83 bits per heavy atom. The van der Waals surface area contributed by atoms with Crippen LogP contribution in [0.1, 0.15) is 30.1 Å². The summed E-state index contributed by atoms with van der Waals surface area (Å²) in [5, 5.41) is 0. The van der Waals surface area contributed by atoms with Crippen molar-refractivity contribution in [2.45, 2.75) is 25.7 Å². The van der Waals surface area contributed by atoms with Gasteiger partial charge in [-0.15, -0.1) is 0 Å². The van der Waals surface area contributed by atoms with Crippen LogP contribution in [0.3, 0.4) is 0 Å². The second-order valence-corrected chi connectivity index (χ2v) is 5.64. The van der Waals surface area contributed by atoms with Crippen LogP contribution >= 0.6 is 15.9 Å². The molecule has 18 heavy (non-hydrogen) atoms. The predicted molar refractivity (Wildman–Crippen MR) is 76.3 cm³/mol. The number of anilines is 1. The molecule has 0 saturated heterocycles. The fourth-order valence-corrected chi connectivity index (χ4v) is 2.23. The van der Waals surface area contributed by atoms with Crippen molar-refractivity contribution >= 4 is 21.7 Å². The third kappa shape index (κ3) is 2.12. The fourth-order valence-electron chi connectivity index (χ4n) is 1.96. The van der Waals surface area contributed by atoms with Crippen LogP contribution in [0.25, 0.3) is 11.3 Å². The predicted octanol–water partition coefficient (Wildman–Crippen LogP) is 3.67. The summed E-state index contributed by atoms with van der Waals surface area (Å²) in [4.78, 5) is 9.08. The Kier molecular flexibility index (Phi) is 2.82. The van der Waals surface area contributed by atoms with E-state index in [9.17, 15) is 0 Å². The summed E-state index contributed by atoms with van der Waals surface area (Å²) in [6.45, 7) is 1.98. The van der Waals surface area contributed by atoms with E-state index in [1.54, 1.807) is 0 Å². The van der Waals surface area contributed by atoms with E-state index in [4.69, 9.17) is 5.73 Å². The molecule has 0 bridgehead atoms. The molecule has 0 amide bonds.